The van der Waals surface area contributed by atoms with Crippen LogP contribution in [0.5, 0.6) is 5.75 Å². The van der Waals surface area contributed by atoms with Crippen LogP contribution < -0.4 is 10.3 Å². The van der Waals surface area contributed by atoms with Crippen LogP contribution in [0, 0.1) is 13.8 Å². The monoisotopic (exact) mass is 466 g/mol. The van der Waals surface area contributed by atoms with E-state index in [1.165, 1.54) is 0 Å². The Morgan fingerprint density at radius 3 is 2.47 bits per heavy atom. The molecule has 180 valence electrons. The van der Waals surface area contributed by atoms with Gasteiger partial charge in [-0.3, -0.25) is 14.5 Å². The van der Waals surface area contributed by atoms with Gasteiger partial charge in [0, 0.05) is 56.3 Å². The summed E-state index contributed by atoms with van der Waals surface area (Å²) in [6, 6.07) is 5.58. The molecule has 5 rings (SSSR count). The maximum atomic E-state index is 13.6. The van der Waals surface area contributed by atoms with E-state index in [1.807, 2.05) is 26.0 Å². The van der Waals surface area contributed by atoms with Crippen LogP contribution in [0.15, 0.2) is 27.5 Å². The minimum Gasteiger partial charge on any atom is -0.496 e. The van der Waals surface area contributed by atoms with Crippen LogP contribution >= 0.6 is 0 Å². The van der Waals surface area contributed by atoms with Gasteiger partial charge in [-0.05, 0) is 32.4 Å². The number of fused-ring (bicyclic) bond motifs is 1. The highest BCUT2D eigenvalue weighted by Crippen LogP contribution is 2.37. The van der Waals surface area contributed by atoms with Crippen molar-refractivity contribution in [2.45, 2.75) is 26.8 Å². The molecule has 2 aliphatic rings. The molecule has 9 heteroatoms. The molecule has 2 aromatic heterocycles. The predicted molar refractivity (Wildman–Crippen MR) is 128 cm³/mol. The molecule has 1 aromatic carbocycles. The number of methoxy groups -OCH3 is 1. The molecule has 0 radical (unpaired) electrons. The molecule has 2 fully saturated rings. The number of rotatable bonds is 6. The highest BCUT2D eigenvalue weighted by atomic mass is 16.5. The van der Waals surface area contributed by atoms with E-state index >= 15 is 0 Å². The molecule has 0 atom stereocenters. The van der Waals surface area contributed by atoms with Gasteiger partial charge in [0.15, 0.2) is 0 Å². The first-order chi connectivity index (χ1) is 16.5. The fraction of sp³-hybridized carbons (Fsp3) is 0.480. The molecule has 3 aromatic rings. The van der Waals surface area contributed by atoms with E-state index in [0.717, 1.165) is 47.2 Å². The Morgan fingerprint density at radius 2 is 1.85 bits per heavy atom. The number of likely N-dealkylation sites (tertiary alicyclic amines) is 1. The van der Waals surface area contributed by atoms with Crippen LogP contribution in [0.4, 0.5) is 0 Å². The number of hydrogen-bond acceptors (Lipinski definition) is 7. The molecular weight excluding hydrogens is 436 g/mol. The van der Waals surface area contributed by atoms with Crippen LogP contribution in [-0.4, -0.2) is 78.5 Å². The number of aromatic nitrogens is 2. The van der Waals surface area contributed by atoms with Crippen LogP contribution in [0.2, 0.25) is 0 Å². The summed E-state index contributed by atoms with van der Waals surface area (Å²) in [7, 11) is 1.61. The van der Waals surface area contributed by atoms with Crippen molar-refractivity contribution in [2.75, 3.05) is 53.0 Å². The molecule has 0 N–H and O–H groups in total. The van der Waals surface area contributed by atoms with Crippen LogP contribution in [0.3, 0.4) is 0 Å². The number of carbonyl (C=O) groups is 1. The molecule has 2 saturated heterocycles. The molecule has 4 heterocycles. The Balaban J connectivity index is 1.66. The van der Waals surface area contributed by atoms with Gasteiger partial charge >= 0.3 is 0 Å². The Labute approximate surface area is 197 Å². The van der Waals surface area contributed by atoms with E-state index < -0.39 is 0 Å². The Hall–Kier alpha value is -3.17. The second-order valence-electron chi connectivity index (χ2n) is 8.93. The van der Waals surface area contributed by atoms with E-state index in [-0.39, 0.29) is 17.0 Å². The van der Waals surface area contributed by atoms with Crippen molar-refractivity contribution in [3.05, 3.63) is 45.6 Å². The quantitative estimate of drug-likeness (QED) is 0.551. The van der Waals surface area contributed by atoms with Crippen molar-refractivity contribution in [3.63, 3.8) is 0 Å². The number of nitrogens with zero attached hydrogens (tertiary/aromatic N) is 4. The lowest BCUT2D eigenvalue weighted by Crippen LogP contribution is -2.45. The lowest BCUT2D eigenvalue weighted by atomic mass is 9.99. The summed E-state index contributed by atoms with van der Waals surface area (Å²) in [6.07, 6.45) is 0.970. The molecule has 2 aliphatic heterocycles. The van der Waals surface area contributed by atoms with Crippen molar-refractivity contribution in [1.29, 1.82) is 0 Å². The third-order valence-corrected chi connectivity index (χ3v) is 6.83. The Bertz CT molecular complexity index is 1270. The second kappa shape index (κ2) is 9.23. The number of aryl methyl sites for hydroxylation is 2. The van der Waals surface area contributed by atoms with Gasteiger partial charge in [-0.25, -0.2) is 0 Å². The van der Waals surface area contributed by atoms with Gasteiger partial charge in [-0.2, -0.15) is 0 Å². The van der Waals surface area contributed by atoms with E-state index in [1.54, 1.807) is 22.6 Å². The smallest absolute Gasteiger partial charge is 0.263 e. The molecule has 0 saturated carbocycles. The average Bonchev–Trinajstić information content (AvgIpc) is 3.14. The summed E-state index contributed by atoms with van der Waals surface area (Å²) in [5.41, 5.74) is 3.14. The van der Waals surface area contributed by atoms with Gasteiger partial charge in [0.1, 0.15) is 17.1 Å². The second-order valence-corrected chi connectivity index (χ2v) is 8.93. The highest BCUT2D eigenvalue weighted by molar-refractivity contribution is 5.99. The van der Waals surface area contributed by atoms with Crippen LogP contribution in [0.25, 0.3) is 22.0 Å². The normalized spacial score (nSPS) is 16.6. The zero-order valence-corrected chi connectivity index (χ0v) is 19.9. The summed E-state index contributed by atoms with van der Waals surface area (Å²) in [4.78, 5) is 30.7. The number of hydrogen-bond donors (Lipinski definition) is 0. The predicted octanol–water partition coefficient (Wildman–Crippen LogP) is 2.46. The molecular formula is C25H30N4O5. The fourth-order valence-corrected chi connectivity index (χ4v) is 4.77. The minimum absolute atomic E-state index is 0.201. The van der Waals surface area contributed by atoms with Crippen LogP contribution in [0.1, 0.15) is 28.2 Å². The number of pyridine rings is 1. The average molecular weight is 467 g/mol. The number of amides is 1. The number of benzene rings is 1. The lowest BCUT2D eigenvalue weighted by Gasteiger charge is -2.31. The summed E-state index contributed by atoms with van der Waals surface area (Å²) in [5, 5.41) is 4.89. The molecule has 0 unspecified atom stereocenters. The van der Waals surface area contributed by atoms with Gasteiger partial charge in [0.2, 0.25) is 0 Å². The van der Waals surface area contributed by atoms with Crippen molar-refractivity contribution in [3.8, 4) is 16.9 Å². The third kappa shape index (κ3) is 3.99. The minimum atomic E-state index is -0.259. The SMILES string of the molecule is COc1cc2c(cc1-c1c(C)noc1C)cc(C(=O)N1CCC1)c(=O)n2CCN1CCOCC1. The maximum absolute atomic E-state index is 13.6. The summed E-state index contributed by atoms with van der Waals surface area (Å²) in [6.45, 7) is 9.36. The number of carbonyl (C=O) groups excluding carboxylic acids is 1. The Kier molecular flexibility index (Phi) is 6.14. The van der Waals surface area contributed by atoms with Gasteiger partial charge in [-0.15, -0.1) is 0 Å². The van der Waals surface area contributed by atoms with E-state index in [9.17, 15) is 9.59 Å². The third-order valence-electron chi connectivity index (χ3n) is 6.83. The lowest BCUT2D eigenvalue weighted by molar-refractivity contribution is 0.0364. The van der Waals surface area contributed by atoms with Crippen LogP contribution in [-0.2, 0) is 11.3 Å². The first-order valence-electron chi connectivity index (χ1n) is 11.8. The van der Waals surface area contributed by atoms with E-state index in [4.69, 9.17) is 14.0 Å². The van der Waals surface area contributed by atoms with Gasteiger partial charge in [0.05, 0.1) is 37.1 Å². The molecule has 9 nitrogen and oxygen atoms in total. The standard InChI is InChI=1S/C25H30N4O5/c1-16-23(17(2)34-26-16)19-13-18-14-20(24(30)28-5-4-6-28)25(31)29(21(18)15-22(19)32-3)8-7-27-9-11-33-12-10-27/h13-15H,4-12H2,1-3H3. The molecule has 0 bridgehead atoms. The number of ether oxygens (including phenoxy) is 2. The van der Waals surface area contributed by atoms with Crippen molar-refractivity contribution in [1.82, 2.24) is 19.5 Å². The number of morpholine rings is 1. The summed E-state index contributed by atoms with van der Waals surface area (Å²) < 4.78 is 18.3. The largest absolute Gasteiger partial charge is 0.496 e. The zero-order valence-electron chi connectivity index (χ0n) is 19.9. The summed E-state index contributed by atoms with van der Waals surface area (Å²) >= 11 is 0. The molecule has 0 spiro atoms. The molecule has 34 heavy (non-hydrogen) atoms. The Morgan fingerprint density at radius 1 is 1.09 bits per heavy atom. The maximum Gasteiger partial charge on any atom is 0.263 e. The van der Waals surface area contributed by atoms with Crippen molar-refractivity contribution >= 4 is 16.8 Å². The van der Waals surface area contributed by atoms with E-state index in [0.29, 0.717) is 50.9 Å². The van der Waals surface area contributed by atoms with Gasteiger partial charge < -0.3 is 23.5 Å². The highest BCUT2D eigenvalue weighted by Gasteiger charge is 2.26. The first kappa shape index (κ1) is 22.6. The van der Waals surface area contributed by atoms with Crippen molar-refractivity contribution < 1.29 is 18.8 Å². The molecule has 0 aliphatic carbocycles. The molecule has 1 amide bonds. The van der Waals surface area contributed by atoms with Gasteiger partial charge in [-0.1, -0.05) is 5.16 Å². The van der Waals surface area contributed by atoms with Gasteiger partial charge in [0.25, 0.3) is 11.5 Å². The first-order valence-corrected chi connectivity index (χ1v) is 11.8. The van der Waals surface area contributed by atoms with E-state index in [2.05, 4.69) is 10.1 Å². The fourth-order valence-electron chi connectivity index (χ4n) is 4.77. The van der Waals surface area contributed by atoms with Crippen molar-refractivity contribution in [2.24, 2.45) is 0 Å². The summed E-state index contributed by atoms with van der Waals surface area (Å²) in [5.74, 6) is 1.11. The zero-order chi connectivity index (χ0) is 23.8. The topological polar surface area (TPSA) is 90.0 Å².